The van der Waals surface area contributed by atoms with Gasteiger partial charge in [-0.05, 0) is 57.8 Å². The number of hydrogen-bond donors (Lipinski definition) is 0. The highest BCUT2D eigenvalue weighted by molar-refractivity contribution is 5.92. The molecule has 33 heavy (non-hydrogen) atoms. The molecule has 2 fully saturated rings. The number of amides is 2. The number of nitrogens with zero attached hydrogens (tertiary/aromatic N) is 2. The van der Waals surface area contributed by atoms with Gasteiger partial charge in [-0.1, -0.05) is 24.1 Å². The van der Waals surface area contributed by atoms with Gasteiger partial charge in [-0.2, -0.15) is 0 Å². The molecule has 4 aliphatic rings. The number of ether oxygens (including phenoxy) is 2. The van der Waals surface area contributed by atoms with Crippen LogP contribution in [0.25, 0.3) is 0 Å². The number of esters is 1. The van der Waals surface area contributed by atoms with Crippen LogP contribution in [0, 0.1) is 11.3 Å². The molecule has 2 heterocycles. The van der Waals surface area contributed by atoms with Crippen molar-refractivity contribution in [3.63, 3.8) is 0 Å². The van der Waals surface area contributed by atoms with E-state index in [9.17, 15) is 14.4 Å². The van der Waals surface area contributed by atoms with Crippen molar-refractivity contribution >= 4 is 17.8 Å². The molecule has 0 bridgehead atoms. The van der Waals surface area contributed by atoms with Gasteiger partial charge in [0.05, 0.1) is 20.3 Å². The van der Waals surface area contributed by atoms with E-state index in [-0.39, 0.29) is 24.2 Å². The summed E-state index contributed by atoms with van der Waals surface area (Å²) in [6.07, 6.45) is 13.8. The van der Waals surface area contributed by atoms with Crippen LogP contribution in [0.1, 0.15) is 70.6 Å². The first-order chi connectivity index (χ1) is 16.0. The Balaban J connectivity index is 1.60. The van der Waals surface area contributed by atoms with E-state index in [1.165, 1.54) is 25.5 Å². The lowest BCUT2D eigenvalue weighted by Gasteiger charge is -2.46. The Labute approximate surface area is 197 Å². The van der Waals surface area contributed by atoms with Crippen molar-refractivity contribution in [3.8, 4) is 0 Å². The van der Waals surface area contributed by atoms with Crippen molar-refractivity contribution in [1.29, 1.82) is 0 Å². The summed E-state index contributed by atoms with van der Waals surface area (Å²) in [7, 11) is 1.43. The molecule has 7 heteroatoms. The highest BCUT2D eigenvalue weighted by atomic mass is 16.5. The fraction of sp³-hybridized carbons (Fsp3) is 0.731. The number of likely N-dealkylation sites (tertiary alicyclic amines) is 1. The van der Waals surface area contributed by atoms with Gasteiger partial charge in [0.15, 0.2) is 0 Å². The van der Waals surface area contributed by atoms with Gasteiger partial charge in [-0.15, -0.1) is 0 Å². The zero-order valence-electron chi connectivity index (χ0n) is 20.0. The van der Waals surface area contributed by atoms with Gasteiger partial charge in [0.25, 0.3) is 0 Å². The van der Waals surface area contributed by atoms with Crippen LogP contribution in [0.2, 0.25) is 0 Å². The van der Waals surface area contributed by atoms with Crippen molar-refractivity contribution in [2.45, 2.75) is 70.6 Å². The lowest BCUT2D eigenvalue weighted by Crippen LogP contribution is -2.54. The zero-order chi connectivity index (χ0) is 23.3. The van der Waals surface area contributed by atoms with E-state index >= 15 is 0 Å². The van der Waals surface area contributed by atoms with Gasteiger partial charge >= 0.3 is 5.97 Å². The Morgan fingerprint density at radius 3 is 2.61 bits per heavy atom. The molecule has 0 aromatic heterocycles. The molecule has 2 aliphatic heterocycles. The van der Waals surface area contributed by atoms with Crippen LogP contribution < -0.4 is 0 Å². The molecule has 2 saturated heterocycles. The molecule has 0 aromatic rings. The highest BCUT2D eigenvalue weighted by Crippen LogP contribution is 2.49. The average Bonchev–Trinajstić information content (AvgIpc) is 3.08. The molecule has 2 atom stereocenters. The third-order valence-corrected chi connectivity index (χ3v) is 7.79. The van der Waals surface area contributed by atoms with Gasteiger partial charge in [0.1, 0.15) is 5.41 Å². The Morgan fingerprint density at radius 2 is 1.88 bits per heavy atom. The largest absolute Gasteiger partial charge is 0.468 e. The monoisotopic (exact) mass is 458 g/mol. The summed E-state index contributed by atoms with van der Waals surface area (Å²) in [6, 6.07) is 0. The smallest absolute Gasteiger partial charge is 0.317 e. The van der Waals surface area contributed by atoms with Crippen molar-refractivity contribution < 1.29 is 23.9 Å². The summed E-state index contributed by atoms with van der Waals surface area (Å²) >= 11 is 0. The fourth-order valence-electron chi connectivity index (χ4n) is 5.97. The van der Waals surface area contributed by atoms with E-state index in [0.717, 1.165) is 44.2 Å². The molecule has 0 unspecified atom stereocenters. The molecule has 7 nitrogen and oxygen atoms in total. The maximum absolute atomic E-state index is 13.8. The molecule has 4 rings (SSSR count). The number of allylic oxidation sites excluding steroid dienone is 2. The molecule has 0 radical (unpaired) electrons. The van der Waals surface area contributed by atoms with Gasteiger partial charge in [0.2, 0.25) is 11.8 Å². The number of carbonyl (C=O) groups is 3. The van der Waals surface area contributed by atoms with Gasteiger partial charge in [-0.3, -0.25) is 14.4 Å². The number of fused-ring (bicyclic) bond motifs is 1. The van der Waals surface area contributed by atoms with Crippen LogP contribution >= 0.6 is 0 Å². The summed E-state index contributed by atoms with van der Waals surface area (Å²) in [4.78, 5) is 43.7. The van der Waals surface area contributed by atoms with Crippen molar-refractivity contribution in [2.75, 3.05) is 40.0 Å². The molecule has 2 aliphatic carbocycles. The molecule has 0 N–H and O–H groups in total. The minimum Gasteiger partial charge on any atom is -0.468 e. The van der Waals surface area contributed by atoms with Crippen molar-refractivity contribution in [1.82, 2.24) is 9.80 Å². The number of hydrogen-bond acceptors (Lipinski definition) is 5. The Morgan fingerprint density at radius 1 is 1.12 bits per heavy atom. The third kappa shape index (κ3) is 5.18. The predicted octanol–water partition coefficient (Wildman–Crippen LogP) is 3.59. The van der Waals surface area contributed by atoms with Gasteiger partial charge in [0, 0.05) is 37.7 Å². The minimum absolute atomic E-state index is 0.0132. The second-order valence-electron chi connectivity index (χ2n) is 9.86. The van der Waals surface area contributed by atoms with E-state index in [1.54, 1.807) is 4.90 Å². The van der Waals surface area contributed by atoms with Crippen LogP contribution in [-0.2, 0) is 23.9 Å². The summed E-state index contributed by atoms with van der Waals surface area (Å²) in [6.45, 7) is 2.75. The number of carbonyl (C=O) groups excluding carboxylic acids is 3. The first-order valence-corrected chi connectivity index (χ1v) is 12.7. The average molecular weight is 459 g/mol. The quantitative estimate of drug-likeness (QED) is 0.449. The second kappa shape index (κ2) is 10.9. The molecule has 0 saturated carbocycles. The molecule has 2 amide bonds. The molecular formula is C26H38N2O5. The molecule has 0 aromatic carbocycles. The summed E-state index contributed by atoms with van der Waals surface area (Å²) in [5, 5.41) is 0. The maximum Gasteiger partial charge on any atom is 0.317 e. The predicted molar refractivity (Wildman–Crippen MR) is 124 cm³/mol. The topological polar surface area (TPSA) is 76.2 Å². The molecule has 0 spiro atoms. The van der Waals surface area contributed by atoms with Gasteiger partial charge in [-0.25, -0.2) is 0 Å². The lowest BCUT2D eigenvalue weighted by molar-refractivity contribution is -0.160. The molecular weight excluding hydrogens is 420 g/mol. The number of piperidine rings is 1. The fourth-order valence-corrected chi connectivity index (χ4v) is 5.97. The molecule has 182 valence electrons. The van der Waals surface area contributed by atoms with E-state index in [0.29, 0.717) is 45.7 Å². The van der Waals surface area contributed by atoms with Crippen molar-refractivity contribution in [2.24, 2.45) is 11.3 Å². The third-order valence-electron chi connectivity index (χ3n) is 7.79. The van der Waals surface area contributed by atoms with Crippen LogP contribution in [0.3, 0.4) is 0 Å². The maximum atomic E-state index is 13.8. The Kier molecular flexibility index (Phi) is 7.89. The summed E-state index contributed by atoms with van der Waals surface area (Å²) < 4.78 is 10.7. The standard InChI is InChI=1S/C26H38N2O5/c1-32-25(31)26-12-7-3-6-10-22(26)28(13-11-20-8-4-2-5-9-20)24(30)21(19-26)18-23(29)27-14-16-33-17-15-27/h8,10,21H,2-7,9,11-19H2,1H3/t21-,26+/m1/s1. The van der Waals surface area contributed by atoms with Crippen LogP contribution in [0.4, 0.5) is 0 Å². The van der Waals surface area contributed by atoms with Gasteiger partial charge < -0.3 is 19.3 Å². The van der Waals surface area contributed by atoms with Crippen LogP contribution in [0.15, 0.2) is 23.4 Å². The van der Waals surface area contributed by atoms with E-state index < -0.39 is 11.3 Å². The summed E-state index contributed by atoms with van der Waals surface area (Å²) in [5.74, 6) is -0.808. The normalized spacial score (nSPS) is 28.4. The first-order valence-electron chi connectivity index (χ1n) is 12.7. The number of rotatable bonds is 6. The van der Waals surface area contributed by atoms with Crippen LogP contribution in [0.5, 0.6) is 0 Å². The SMILES string of the molecule is COC(=O)[C@]12CCCCC=C1N(CCC1=CCCCC1)C(=O)[C@H](CC(=O)N1CCOCC1)C2. The zero-order valence-corrected chi connectivity index (χ0v) is 20.0. The number of morpholine rings is 1. The Hall–Kier alpha value is -2.15. The lowest BCUT2D eigenvalue weighted by atomic mass is 9.69. The van der Waals surface area contributed by atoms with E-state index in [2.05, 4.69) is 12.2 Å². The van der Waals surface area contributed by atoms with E-state index in [1.807, 2.05) is 4.90 Å². The summed E-state index contributed by atoms with van der Waals surface area (Å²) in [5.41, 5.74) is 1.39. The highest BCUT2D eigenvalue weighted by Gasteiger charge is 2.53. The first kappa shape index (κ1) is 24.0. The van der Waals surface area contributed by atoms with Crippen molar-refractivity contribution in [3.05, 3.63) is 23.4 Å². The Bertz CT molecular complexity index is 813. The number of methoxy groups -OCH3 is 1. The van der Waals surface area contributed by atoms with E-state index in [4.69, 9.17) is 9.47 Å². The second-order valence-corrected chi connectivity index (χ2v) is 9.86. The van der Waals surface area contributed by atoms with Crippen LogP contribution in [-0.4, -0.2) is 67.5 Å². The minimum atomic E-state index is -0.837.